The molecule has 134 valence electrons. The van der Waals surface area contributed by atoms with Crippen LogP contribution in [0.15, 0.2) is 59.8 Å². The van der Waals surface area contributed by atoms with Crippen LogP contribution in [0.5, 0.6) is 0 Å². The molecule has 0 aliphatic heterocycles. The van der Waals surface area contributed by atoms with Gasteiger partial charge in [0.1, 0.15) is 0 Å². The van der Waals surface area contributed by atoms with Gasteiger partial charge in [-0.2, -0.15) is 11.3 Å². The number of nitrogens with one attached hydrogen (secondary N) is 2. The standard InChI is InChI=1S/C19H20N4O2S/c24-18(5-7-21-19(25)17-6-10-26-13-17)22-11-15-1-3-16(4-2-15)12-23-9-8-20-14-23/h1-4,6,8-10,13-14H,5,7,11-12H2,(H,21,25)(H,22,24). The summed E-state index contributed by atoms with van der Waals surface area (Å²) in [5.41, 5.74) is 2.84. The van der Waals surface area contributed by atoms with Crippen molar-refractivity contribution in [3.8, 4) is 0 Å². The fourth-order valence-electron chi connectivity index (χ4n) is 2.43. The number of carbonyl (C=O) groups is 2. The van der Waals surface area contributed by atoms with Gasteiger partial charge in [-0.05, 0) is 22.6 Å². The fourth-order valence-corrected chi connectivity index (χ4v) is 3.06. The zero-order valence-corrected chi connectivity index (χ0v) is 15.0. The average molecular weight is 368 g/mol. The van der Waals surface area contributed by atoms with Gasteiger partial charge in [-0.25, -0.2) is 4.98 Å². The van der Waals surface area contributed by atoms with Crippen molar-refractivity contribution in [1.82, 2.24) is 20.2 Å². The van der Waals surface area contributed by atoms with Crippen LogP contribution in [0.4, 0.5) is 0 Å². The van der Waals surface area contributed by atoms with Crippen molar-refractivity contribution in [2.24, 2.45) is 0 Å². The van der Waals surface area contributed by atoms with Gasteiger partial charge >= 0.3 is 0 Å². The predicted molar refractivity (Wildman–Crippen MR) is 101 cm³/mol. The van der Waals surface area contributed by atoms with Crippen LogP contribution in [0.2, 0.25) is 0 Å². The van der Waals surface area contributed by atoms with Gasteiger partial charge in [0.15, 0.2) is 0 Å². The largest absolute Gasteiger partial charge is 0.352 e. The molecule has 6 nitrogen and oxygen atoms in total. The highest BCUT2D eigenvalue weighted by atomic mass is 32.1. The Bertz CT molecular complexity index is 827. The molecule has 2 amide bonds. The summed E-state index contributed by atoms with van der Waals surface area (Å²) in [6, 6.07) is 9.86. The van der Waals surface area contributed by atoms with E-state index in [2.05, 4.69) is 15.6 Å². The maximum Gasteiger partial charge on any atom is 0.252 e. The second kappa shape index (κ2) is 8.96. The summed E-state index contributed by atoms with van der Waals surface area (Å²) in [7, 11) is 0. The lowest BCUT2D eigenvalue weighted by atomic mass is 10.1. The Morgan fingerprint density at radius 1 is 1.08 bits per heavy atom. The van der Waals surface area contributed by atoms with Gasteiger partial charge in [-0.15, -0.1) is 0 Å². The topological polar surface area (TPSA) is 76.0 Å². The van der Waals surface area contributed by atoms with Crippen molar-refractivity contribution in [3.05, 3.63) is 76.5 Å². The molecule has 0 aliphatic rings. The molecule has 0 unspecified atom stereocenters. The highest BCUT2D eigenvalue weighted by Crippen LogP contribution is 2.07. The van der Waals surface area contributed by atoms with E-state index in [1.165, 1.54) is 16.9 Å². The molecule has 2 heterocycles. The summed E-state index contributed by atoms with van der Waals surface area (Å²) in [5, 5.41) is 9.24. The molecular weight excluding hydrogens is 348 g/mol. The molecule has 0 spiro atoms. The molecule has 0 bridgehead atoms. The van der Waals surface area contributed by atoms with E-state index in [1.54, 1.807) is 24.0 Å². The van der Waals surface area contributed by atoms with E-state index < -0.39 is 0 Å². The van der Waals surface area contributed by atoms with Gasteiger partial charge in [0.05, 0.1) is 6.33 Å². The molecule has 3 aromatic rings. The number of rotatable bonds is 8. The summed E-state index contributed by atoms with van der Waals surface area (Å²) in [4.78, 5) is 27.7. The van der Waals surface area contributed by atoms with Gasteiger partial charge in [0, 0.05) is 49.4 Å². The minimum Gasteiger partial charge on any atom is -0.352 e. The van der Waals surface area contributed by atoms with Crippen LogP contribution in [-0.4, -0.2) is 27.9 Å². The van der Waals surface area contributed by atoms with E-state index in [0.717, 1.165) is 12.1 Å². The van der Waals surface area contributed by atoms with E-state index in [1.807, 2.05) is 40.4 Å². The molecule has 0 atom stereocenters. The van der Waals surface area contributed by atoms with Crippen LogP contribution < -0.4 is 10.6 Å². The summed E-state index contributed by atoms with van der Waals surface area (Å²) in [5.74, 6) is -0.231. The van der Waals surface area contributed by atoms with Gasteiger partial charge < -0.3 is 15.2 Å². The maximum absolute atomic E-state index is 11.9. The van der Waals surface area contributed by atoms with Crippen LogP contribution >= 0.6 is 11.3 Å². The molecule has 7 heteroatoms. The third-order valence-electron chi connectivity index (χ3n) is 3.86. The number of aromatic nitrogens is 2. The number of benzene rings is 1. The van der Waals surface area contributed by atoms with Crippen LogP contribution in [-0.2, 0) is 17.9 Å². The van der Waals surface area contributed by atoms with Crippen LogP contribution in [0.1, 0.15) is 27.9 Å². The van der Waals surface area contributed by atoms with Gasteiger partial charge in [0.2, 0.25) is 5.91 Å². The van der Waals surface area contributed by atoms with Gasteiger partial charge in [0.25, 0.3) is 5.91 Å². The number of carbonyl (C=O) groups excluding carboxylic acids is 2. The maximum atomic E-state index is 11.9. The Labute approximate surface area is 155 Å². The minimum atomic E-state index is -0.146. The van der Waals surface area contributed by atoms with E-state index in [9.17, 15) is 9.59 Å². The van der Waals surface area contributed by atoms with E-state index >= 15 is 0 Å². The third-order valence-corrected chi connectivity index (χ3v) is 4.54. The zero-order valence-electron chi connectivity index (χ0n) is 14.2. The SMILES string of the molecule is O=C(CCNC(=O)c1ccsc1)NCc1ccc(Cn2ccnc2)cc1. The molecule has 1 aromatic carbocycles. The van der Waals surface area contributed by atoms with Crippen molar-refractivity contribution in [2.75, 3.05) is 6.54 Å². The normalized spacial score (nSPS) is 10.5. The van der Waals surface area contributed by atoms with Crippen molar-refractivity contribution < 1.29 is 9.59 Å². The molecule has 0 radical (unpaired) electrons. The first-order valence-corrected chi connectivity index (χ1v) is 9.25. The van der Waals surface area contributed by atoms with Crippen molar-refractivity contribution in [3.63, 3.8) is 0 Å². The average Bonchev–Trinajstić information content (AvgIpc) is 3.35. The van der Waals surface area contributed by atoms with Crippen molar-refractivity contribution in [1.29, 1.82) is 0 Å². The lowest BCUT2D eigenvalue weighted by Crippen LogP contribution is -2.30. The van der Waals surface area contributed by atoms with E-state index in [4.69, 9.17) is 0 Å². The monoisotopic (exact) mass is 368 g/mol. The molecule has 3 rings (SSSR count). The predicted octanol–water partition coefficient (Wildman–Crippen LogP) is 2.43. The first-order valence-electron chi connectivity index (χ1n) is 8.31. The second-order valence-corrected chi connectivity index (χ2v) is 6.63. The Morgan fingerprint density at radius 2 is 1.88 bits per heavy atom. The number of thiophene rings is 1. The van der Waals surface area contributed by atoms with Crippen molar-refractivity contribution >= 4 is 23.2 Å². The van der Waals surface area contributed by atoms with Crippen LogP contribution in [0.3, 0.4) is 0 Å². The molecule has 0 fully saturated rings. The molecule has 2 N–H and O–H groups in total. The van der Waals surface area contributed by atoms with E-state index in [0.29, 0.717) is 18.7 Å². The van der Waals surface area contributed by atoms with E-state index in [-0.39, 0.29) is 18.2 Å². The number of imidazole rings is 1. The molecule has 2 aromatic heterocycles. The van der Waals surface area contributed by atoms with Crippen LogP contribution in [0.25, 0.3) is 0 Å². The summed E-state index contributed by atoms with van der Waals surface area (Å²) < 4.78 is 2.00. The first-order chi connectivity index (χ1) is 12.7. The fraction of sp³-hybridized carbons (Fsp3) is 0.211. The highest BCUT2D eigenvalue weighted by molar-refractivity contribution is 7.08. The minimum absolute atomic E-state index is 0.0851. The lowest BCUT2D eigenvalue weighted by molar-refractivity contribution is -0.121. The number of hydrogen-bond acceptors (Lipinski definition) is 4. The highest BCUT2D eigenvalue weighted by Gasteiger charge is 2.07. The summed E-state index contributed by atoms with van der Waals surface area (Å²) in [6.07, 6.45) is 5.72. The number of nitrogens with zero attached hydrogens (tertiary/aromatic N) is 2. The quantitative estimate of drug-likeness (QED) is 0.641. The summed E-state index contributed by atoms with van der Waals surface area (Å²) in [6.45, 7) is 1.57. The second-order valence-electron chi connectivity index (χ2n) is 5.85. The molecule has 0 saturated carbocycles. The molecule has 0 aliphatic carbocycles. The Morgan fingerprint density at radius 3 is 2.58 bits per heavy atom. The first kappa shape index (κ1) is 17.9. The molecule has 26 heavy (non-hydrogen) atoms. The Kier molecular flexibility index (Phi) is 6.16. The lowest BCUT2D eigenvalue weighted by Gasteiger charge is -2.08. The number of hydrogen-bond donors (Lipinski definition) is 2. The van der Waals surface area contributed by atoms with Gasteiger partial charge in [-0.3, -0.25) is 9.59 Å². The Hall–Kier alpha value is -2.93. The Balaban J connectivity index is 1.36. The molecular formula is C19H20N4O2S. The van der Waals surface area contributed by atoms with Crippen LogP contribution in [0, 0.1) is 0 Å². The summed E-state index contributed by atoms with van der Waals surface area (Å²) >= 11 is 1.47. The smallest absolute Gasteiger partial charge is 0.252 e. The van der Waals surface area contributed by atoms with Gasteiger partial charge in [-0.1, -0.05) is 24.3 Å². The third kappa shape index (κ3) is 5.29. The zero-order chi connectivity index (χ0) is 18.2. The molecule has 0 saturated heterocycles. The number of amides is 2. The van der Waals surface area contributed by atoms with Crippen molar-refractivity contribution in [2.45, 2.75) is 19.5 Å².